The summed E-state index contributed by atoms with van der Waals surface area (Å²) in [7, 11) is 0. The van der Waals surface area contributed by atoms with Crippen molar-refractivity contribution in [2.24, 2.45) is 5.92 Å². The number of carbonyl (C=O) groups is 2. The van der Waals surface area contributed by atoms with Gasteiger partial charge in [0.1, 0.15) is 17.5 Å². The number of aromatic nitrogens is 4. The normalized spacial score (nSPS) is 31.8. The summed E-state index contributed by atoms with van der Waals surface area (Å²) in [5.74, 6) is 0.962. The number of aromatic amines is 1. The van der Waals surface area contributed by atoms with Gasteiger partial charge in [-0.05, 0) is 32.6 Å². The fourth-order valence-electron chi connectivity index (χ4n) is 4.16. The Bertz CT molecular complexity index is 642. The minimum atomic E-state index is -0.430. The highest BCUT2D eigenvalue weighted by molar-refractivity contribution is 8.01. The molecule has 3 aliphatic rings. The smallest absolute Gasteiger partial charge is 0.249 e. The molecule has 3 atom stereocenters. The van der Waals surface area contributed by atoms with Gasteiger partial charge in [0, 0.05) is 11.2 Å². The molecule has 2 N–H and O–H groups in total. The van der Waals surface area contributed by atoms with Gasteiger partial charge >= 0.3 is 0 Å². The molecule has 0 spiro atoms. The fourth-order valence-corrected chi connectivity index (χ4v) is 5.79. The zero-order valence-electron chi connectivity index (χ0n) is 13.9. The molecule has 3 unspecified atom stereocenters. The molecule has 9 heteroatoms. The SMILES string of the molecule is CC1(C)SC2C(NC(=O)CC3CCCC3)C(=O)N2C1c1nn[nH]n1. The molecule has 8 nitrogen and oxygen atoms in total. The van der Waals surface area contributed by atoms with E-state index < -0.39 is 6.04 Å². The maximum absolute atomic E-state index is 12.6. The highest BCUT2D eigenvalue weighted by Gasteiger charge is 2.63. The van der Waals surface area contributed by atoms with Crippen LogP contribution in [0.1, 0.15) is 57.8 Å². The van der Waals surface area contributed by atoms with Gasteiger partial charge in [0.25, 0.3) is 0 Å². The monoisotopic (exact) mass is 350 g/mol. The Kier molecular flexibility index (Phi) is 3.78. The Hall–Kier alpha value is -1.64. The largest absolute Gasteiger partial charge is 0.342 e. The van der Waals surface area contributed by atoms with Crippen LogP contribution in [0, 0.1) is 5.92 Å². The molecule has 4 rings (SSSR count). The molecule has 1 saturated carbocycles. The first kappa shape index (κ1) is 15.9. The van der Waals surface area contributed by atoms with Crippen LogP contribution < -0.4 is 5.32 Å². The lowest BCUT2D eigenvalue weighted by Crippen LogP contribution is -2.67. The number of β-lactam (4-membered cyclic amide) rings is 1. The first-order valence-corrected chi connectivity index (χ1v) is 9.38. The molecule has 0 radical (unpaired) electrons. The maximum Gasteiger partial charge on any atom is 0.249 e. The molecule has 2 amide bonds. The number of amides is 2. The zero-order valence-corrected chi connectivity index (χ0v) is 14.7. The molecule has 1 aromatic heterocycles. The Labute approximate surface area is 144 Å². The van der Waals surface area contributed by atoms with E-state index in [0.717, 1.165) is 12.8 Å². The van der Waals surface area contributed by atoms with Crippen LogP contribution in [0.2, 0.25) is 0 Å². The van der Waals surface area contributed by atoms with Crippen molar-refractivity contribution in [2.45, 2.75) is 68.2 Å². The van der Waals surface area contributed by atoms with Crippen molar-refractivity contribution in [1.29, 1.82) is 0 Å². The molecule has 3 fully saturated rings. The number of H-pyrrole nitrogens is 1. The molecule has 3 heterocycles. The lowest BCUT2D eigenvalue weighted by Gasteiger charge is -2.44. The van der Waals surface area contributed by atoms with Crippen LogP contribution in [0.5, 0.6) is 0 Å². The van der Waals surface area contributed by atoms with Gasteiger partial charge < -0.3 is 10.2 Å². The molecule has 1 aliphatic carbocycles. The van der Waals surface area contributed by atoms with Crippen LogP contribution in [0.4, 0.5) is 0 Å². The van der Waals surface area contributed by atoms with E-state index in [1.165, 1.54) is 12.8 Å². The summed E-state index contributed by atoms with van der Waals surface area (Å²) in [5, 5.41) is 17.1. The average Bonchev–Trinajstić information content (AvgIpc) is 3.24. The summed E-state index contributed by atoms with van der Waals surface area (Å²) in [4.78, 5) is 26.7. The minimum Gasteiger partial charge on any atom is -0.342 e. The number of fused-ring (bicyclic) bond motifs is 1. The van der Waals surface area contributed by atoms with Crippen molar-refractivity contribution in [3.05, 3.63) is 5.82 Å². The quantitative estimate of drug-likeness (QED) is 0.785. The summed E-state index contributed by atoms with van der Waals surface area (Å²) in [6, 6.07) is -0.651. The van der Waals surface area contributed by atoms with E-state index in [0.29, 0.717) is 18.2 Å². The summed E-state index contributed by atoms with van der Waals surface area (Å²) in [6.07, 6.45) is 5.23. The molecule has 0 aromatic carbocycles. The lowest BCUT2D eigenvalue weighted by molar-refractivity contribution is -0.151. The second-order valence-electron chi connectivity index (χ2n) is 7.43. The predicted molar refractivity (Wildman–Crippen MR) is 87.7 cm³/mol. The Morgan fingerprint density at radius 2 is 2.17 bits per heavy atom. The van der Waals surface area contributed by atoms with Crippen molar-refractivity contribution in [3.63, 3.8) is 0 Å². The Morgan fingerprint density at radius 3 is 2.83 bits per heavy atom. The van der Waals surface area contributed by atoms with Crippen LogP contribution in [0.3, 0.4) is 0 Å². The topological polar surface area (TPSA) is 104 Å². The van der Waals surface area contributed by atoms with Gasteiger partial charge in [0.2, 0.25) is 11.8 Å². The van der Waals surface area contributed by atoms with Gasteiger partial charge in [-0.25, -0.2) is 0 Å². The summed E-state index contributed by atoms with van der Waals surface area (Å²) in [5.41, 5.74) is 0. The average molecular weight is 350 g/mol. The van der Waals surface area contributed by atoms with Crippen molar-refractivity contribution in [3.8, 4) is 0 Å². The van der Waals surface area contributed by atoms with Crippen molar-refractivity contribution >= 4 is 23.6 Å². The third-order valence-corrected chi connectivity index (χ3v) is 6.88. The third kappa shape index (κ3) is 2.49. The van der Waals surface area contributed by atoms with Gasteiger partial charge in [-0.3, -0.25) is 9.59 Å². The van der Waals surface area contributed by atoms with Crippen LogP contribution >= 0.6 is 11.8 Å². The number of thioether (sulfide) groups is 1. The van der Waals surface area contributed by atoms with E-state index in [4.69, 9.17) is 0 Å². The Morgan fingerprint density at radius 1 is 1.42 bits per heavy atom. The van der Waals surface area contributed by atoms with Gasteiger partial charge in [0.05, 0.1) is 0 Å². The fraction of sp³-hybridized carbons (Fsp3) is 0.800. The number of nitrogens with one attached hydrogen (secondary N) is 2. The van der Waals surface area contributed by atoms with E-state index in [-0.39, 0.29) is 28.0 Å². The van der Waals surface area contributed by atoms with Crippen molar-refractivity contribution in [2.75, 3.05) is 0 Å². The number of hydrogen-bond acceptors (Lipinski definition) is 6. The minimum absolute atomic E-state index is 0.00122. The second-order valence-corrected chi connectivity index (χ2v) is 9.20. The highest BCUT2D eigenvalue weighted by atomic mass is 32.2. The first-order chi connectivity index (χ1) is 11.5. The molecule has 2 aliphatic heterocycles. The highest BCUT2D eigenvalue weighted by Crippen LogP contribution is 2.56. The number of tetrazole rings is 1. The van der Waals surface area contributed by atoms with E-state index in [1.54, 1.807) is 16.7 Å². The van der Waals surface area contributed by atoms with E-state index in [2.05, 4.69) is 39.8 Å². The molecule has 0 bridgehead atoms. The van der Waals surface area contributed by atoms with Gasteiger partial charge in [-0.1, -0.05) is 18.1 Å². The molecule has 24 heavy (non-hydrogen) atoms. The van der Waals surface area contributed by atoms with Crippen LogP contribution in [0.25, 0.3) is 0 Å². The number of carbonyl (C=O) groups excluding carboxylic acids is 2. The molecular formula is C15H22N6O2S. The summed E-state index contributed by atoms with van der Waals surface area (Å²) >= 11 is 1.69. The number of hydrogen-bond donors (Lipinski definition) is 2. The number of nitrogens with zero attached hydrogens (tertiary/aromatic N) is 4. The van der Waals surface area contributed by atoms with Gasteiger partial charge in [-0.2, -0.15) is 5.21 Å². The number of rotatable bonds is 4. The molecule has 130 valence electrons. The molecule has 2 saturated heterocycles. The van der Waals surface area contributed by atoms with Gasteiger partial charge in [0.15, 0.2) is 5.82 Å². The zero-order chi connectivity index (χ0) is 16.9. The summed E-state index contributed by atoms with van der Waals surface area (Å²) in [6.45, 7) is 4.14. The maximum atomic E-state index is 12.6. The van der Waals surface area contributed by atoms with E-state index in [9.17, 15) is 9.59 Å². The van der Waals surface area contributed by atoms with Crippen molar-refractivity contribution < 1.29 is 9.59 Å². The standard InChI is InChI=1S/C15H22N6O2S/c1-15(2)11(12-17-19-20-18-12)21-13(23)10(14(21)24-15)16-9(22)7-8-5-3-4-6-8/h8,10-11,14H,3-7H2,1-2H3,(H,16,22)(H,17,18,19,20). The lowest BCUT2D eigenvalue weighted by atomic mass is 9.95. The van der Waals surface area contributed by atoms with Crippen LogP contribution in [0.15, 0.2) is 0 Å². The molecular weight excluding hydrogens is 328 g/mol. The summed E-state index contributed by atoms with van der Waals surface area (Å²) < 4.78 is -0.227. The second kappa shape index (κ2) is 5.72. The van der Waals surface area contributed by atoms with E-state index in [1.807, 2.05) is 0 Å². The predicted octanol–water partition coefficient (Wildman–Crippen LogP) is 1.000. The van der Waals surface area contributed by atoms with Crippen LogP contribution in [-0.2, 0) is 9.59 Å². The first-order valence-electron chi connectivity index (χ1n) is 8.50. The van der Waals surface area contributed by atoms with Crippen LogP contribution in [-0.4, -0.2) is 53.5 Å². The third-order valence-electron chi connectivity index (χ3n) is 5.31. The van der Waals surface area contributed by atoms with Gasteiger partial charge in [-0.15, -0.1) is 22.0 Å². The molecule has 1 aromatic rings. The Balaban J connectivity index is 1.44. The van der Waals surface area contributed by atoms with Crippen molar-refractivity contribution in [1.82, 2.24) is 30.8 Å². The van der Waals surface area contributed by atoms with E-state index >= 15 is 0 Å².